The number of aromatic nitrogens is 1. The van der Waals surface area contributed by atoms with Gasteiger partial charge in [-0.2, -0.15) is 0 Å². The van der Waals surface area contributed by atoms with Crippen LogP contribution in [0.15, 0.2) is 66.7 Å². The van der Waals surface area contributed by atoms with Crippen LogP contribution in [0.3, 0.4) is 0 Å². The van der Waals surface area contributed by atoms with Crippen LogP contribution in [0, 0.1) is 6.92 Å². The van der Waals surface area contributed by atoms with Crippen molar-refractivity contribution >= 4 is 22.6 Å². The molecule has 0 aliphatic carbocycles. The molecule has 0 saturated carbocycles. The van der Waals surface area contributed by atoms with Gasteiger partial charge in [0.25, 0.3) is 0 Å². The van der Waals surface area contributed by atoms with Gasteiger partial charge in [-0.1, -0.05) is 42.5 Å². The molecule has 1 N–H and O–H groups in total. The van der Waals surface area contributed by atoms with E-state index in [2.05, 4.69) is 11.1 Å². The maximum Gasteiger partial charge on any atom is 0.340 e. The maximum absolute atomic E-state index is 13.3. The molecule has 0 radical (unpaired) electrons. The molecule has 1 unspecified atom stereocenters. The Kier molecular flexibility index (Phi) is 4.29. The van der Waals surface area contributed by atoms with Crippen molar-refractivity contribution < 1.29 is 14.3 Å². The molecule has 5 nitrogen and oxygen atoms in total. The van der Waals surface area contributed by atoms with E-state index in [0.717, 1.165) is 39.0 Å². The van der Waals surface area contributed by atoms with Crippen LogP contribution in [-0.2, 0) is 10.3 Å². The van der Waals surface area contributed by atoms with Crippen LogP contribution < -0.4 is 9.64 Å². The molecule has 0 fully saturated rings. The number of aryl methyl sites for hydroxylation is 1. The zero-order valence-corrected chi connectivity index (χ0v) is 18.0. The minimum Gasteiger partial charge on any atom is -0.496 e. The molecule has 2 heterocycles. The molecule has 0 amide bonds. The number of carbonyl (C=O) groups excluding carboxylic acids is 1. The number of methoxy groups -OCH3 is 1. The third kappa shape index (κ3) is 2.66. The van der Waals surface area contributed by atoms with Gasteiger partial charge in [0.05, 0.1) is 12.7 Å². The number of para-hydroxylation sites is 2. The van der Waals surface area contributed by atoms with E-state index in [9.17, 15) is 4.79 Å². The van der Waals surface area contributed by atoms with Gasteiger partial charge in [0.2, 0.25) is 0 Å². The van der Waals surface area contributed by atoms with Crippen LogP contribution in [0.2, 0.25) is 0 Å². The minimum atomic E-state index is -1.12. The molecular weight excluding hydrogens is 388 g/mol. The molecule has 4 aromatic rings. The number of esters is 1. The number of hydrogen-bond acceptors (Lipinski definition) is 4. The van der Waals surface area contributed by atoms with Crippen molar-refractivity contribution in [2.45, 2.75) is 12.5 Å². The Hall–Kier alpha value is -3.73. The van der Waals surface area contributed by atoms with Crippen LogP contribution in [0.4, 0.5) is 5.69 Å². The lowest BCUT2D eigenvalue weighted by atomic mass is 9.78. The Morgan fingerprint density at radius 3 is 2.48 bits per heavy atom. The summed E-state index contributed by atoms with van der Waals surface area (Å²) < 4.78 is 12.1. The van der Waals surface area contributed by atoms with Gasteiger partial charge in [-0.05, 0) is 31.2 Å². The summed E-state index contributed by atoms with van der Waals surface area (Å²) in [5.41, 5.74) is 4.90. The van der Waals surface area contributed by atoms with Gasteiger partial charge in [-0.3, -0.25) is 0 Å². The van der Waals surface area contributed by atoms with Crippen molar-refractivity contribution in [2.75, 3.05) is 26.1 Å². The lowest BCUT2D eigenvalue weighted by molar-refractivity contribution is 0.0248. The number of carbonyl (C=O) groups is 1. The third-order valence-electron chi connectivity index (χ3n) is 6.10. The van der Waals surface area contributed by atoms with E-state index >= 15 is 0 Å². The van der Waals surface area contributed by atoms with Gasteiger partial charge in [0.1, 0.15) is 5.75 Å². The average Bonchev–Trinajstić information content (AvgIpc) is 3.27. The van der Waals surface area contributed by atoms with Crippen LogP contribution in [0.1, 0.15) is 32.7 Å². The van der Waals surface area contributed by atoms with Crippen LogP contribution in [0.25, 0.3) is 10.9 Å². The van der Waals surface area contributed by atoms with Crippen molar-refractivity contribution in [1.29, 1.82) is 0 Å². The lowest BCUT2D eigenvalue weighted by Gasteiger charge is -2.32. The lowest BCUT2D eigenvalue weighted by Crippen LogP contribution is -2.30. The molecule has 0 bridgehead atoms. The second-order valence-electron chi connectivity index (χ2n) is 8.07. The first-order chi connectivity index (χ1) is 15.0. The molecular formula is C26H24N2O3. The number of hydrogen-bond donors (Lipinski definition) is 1. The summed E-state index contributed by atoms with van der Waals surface area (Å²) in [5.74, 6) is 0.332. The molecule has 1 atom stereocenters. The van der Waals surface area contributed by atoms with E-state index < -0.39 is 5.60 Å². The monoisotopic (exact) mass is 412 g/mol. The second-order valence-corrected chi connectivity index (χ2v) is 8.07. The summed E-state index contributed by atoms with van der Waals surface area (Å²) in [6.45, 7) is 2.02. The number of nitrogens with zero attached hydrogens (tertiary/aromatic N) is 1. The first kappa shape index (κ1) is 19.2. The molecule has 1 aliphatic heterocycles. The van der Waals surface area contributed by atoms with E-state index in [-0.39, 0.29) is 5.97 Å². The number of benzene rings is 3. The molecule has 156 valence electrons. The van der Waals surface area contributed by atoms with Gasteiger partial charge in [0, 0.05) is 53.1 Å². The van der Waals surface area contributed by atoms with E-state index in [1.807, 2.05) is 86.6 Å². The van der Waals surface area contributed by atoms with Crippen molar-refractivity contribution in [1.82, 2.24) is 4.98 Å². The van der Waals surface area contributed by atoms with Gasteiger partial charge >= 0.3 is 5.97 Å². The zero-order valence-electron chi connectivity index (χ0n) is 18.0. The van der Waals surface area contributed by atoms with E-state index in [4.69, 9.17) is 9.47 Å². The average molecular weight is 412 g/mol. The minimum absolute atomic E-state index is 0.339. The van der Waals surface area contributed by atoms with Crippen LogP contribution >= 0.6 is 0 Å². The summed E-state index contributed by atoms with van der Waals surface area (Å²) >= 11 is 0. The van der Waals surface area contributed by atoms with Gasteiger partial charge in [0.15, 0.2) is 5.60 Å². The number of nitrogens with one attached hydrogen (secondary N) is 1. The molecule has 3 aromatic carbocycles. The number of H-pyrrole nitrogens is 1. The van der Waals surface area contributed by atoms with Crippen molar-refractivity contribution in [2.24, 2.45) is 0 Å². The van der Waals surface area contributed by atoms with Crippen LogP contribution in [0.5, 0.6) is 5.75 Å². The summed E-state index contributed by atoms with van der Waals surface area (Å²) in [4.78, 5) is 18.7. The Morgan fingerprint density at radius 2 is 1.71 bits per heavy atom. The molecule has 1 aromatic heterocycles. The number of cyclic esters (lactones) is 1. The molecule has 5 heteroatoms. The highest BCUT2D eigenvalue weighted by Crippen LogP contribution is 2.52. The fourth-order valence-corrected chi connectivity index (χ4v) is 4.72. The normalized spacial score (nSPS) is 17.5. The first-order valence-electron chi connectivity index (χ1n) is 10.2. The number of aromatic amines is 1. The summed E-state index contributed by atoms with van der Waals surface area (Å²) in [6.07, 6.45) is 0. The molecule has 5 rings (SSSR count). The SMILES string of the molecule is COc1ccccc1C1(c2c(C)[nH]c3ccccc23)OC(=O)c2cc(N(C)C)ccc21. The summed E-state index contributed by atoms with van der Waals surface area (Å²) in [5, 5.41) is 1.02. The Morgan fingerprint density at radius 1 is 0.968 bits per heavy atom. The number of anilines is 1. The van der Waals surface area contributed by atoms with E-state index in [1.165, 1.54) is 0 Å². The topological polar surface area (TPSA) is 54.6 Å². The summed E-state index contributed by atoms with van der Waals surface area (Å²) in [6, 6.07) is 21.8. The van der Waals surface area contributed by atoms with Crippen molar-refractivity contribution in [3.05, 3.63) is 94.7 Å². The smallest absolute Gasteiger partial charge is 0.340 e. The quantitative estimate of drug-likeness (QED) is 0.479. The first-order valence-corrected chi connectivity index (χ1v) is 10.2. The predicted molar refractivity (Wildman–Crippen MR) is 122 cm³/mol. The molecule has 0 saturated heterocycles. The van der Waals surface area contributed by atoms with Crippen molar-refractivity contribution in [3.8, 4) is 5.75 Å². The molecule has 0 spiro atoms. The standard InChI is InChI=1S/C26H24N2O3/c1-16-24(18-9-5-7-11-22(18)27-16)26(21-10-6-8-12-23(21)30-4)20-14-13-17(28(2)3)15-19(20)25(29)31-26/h5-15,27H,1-4H3. The zero-order chi connectivity index (χ0) is 21.8. The van der Waals surface area contributed by atoms with E-state index in [1.54, 1.807) is 7.11 Å². The molecule has 31 heavy (non-hydrogen) atoms. The second kappa shape index (κ2) is 6.91. The number of fused-ring (bicyclic) bond motifs is 2. The highest BCUT2D eigenvalue weighted by Gasteiger charge is 2.52. The number of rotatable bonds is 4. The Labute approximate surface area is 181 Å². The van der Waals surface area contributed by atoms with Gasteiger partial charge in [-0.15, -0.1) is 0 Å². The highest BCUT2D eigenvalue weighted by molar-refractivity contribution is 5.99. The Bertz CT molecular complexity index is 1320. The van der Waals surface area contributed by atoms with Gasteiger partial charge in [-0.25, -0.2) is 4.79 Å². The largest absolute Gasteiger partial charge is 0.496 e. The van der Waals surface area contributed by atoms with Crippen LogP contribution in [-0.4, -0.2) is 32.2 Å². The predicted octanol–water partition coefficient (Wildman–Crippen LogP) is 5.01. The fourth-order valence-electron chi connectivity index (χ4n) is 4.72. The van der Waals surface area contributed by atoms with E-state index in [0.29, 0.717) is 11.3 Å². The van der Waals surface area contributed by atoms with Gasteiger partial charge < -0.3 is 19.4 Å². The fraction of sp³-hybridized carbons (Fsp3) is 0.192. The maximum atomic E-state index is 13.3. The Balaban J connectivity index is 1.92. The van der Waals surface area contributed by atoms with Crippen molar-refractivity contribution in [3.63, 3.8) is 0 Å². The molecule has 1 aliphatic rings. The highest BCUT2D eigenvalue weighted by atomic mass is 16.6. The number of ether oxygens (including phenoxy) is 2. The third-order valence-corrected chi connectivity index (χ3v) is 6.10. The summed E-state index contributed by atoms with van der Waals surface area (Å²) in [7, 11) is 5.56.